The van der Waals surface area contributed by atoms with Gasteiger partial charge in [0.05, 0.1) is 6.54 Å². The van der Waals surface area contributed by atoms with Gasteiger partial charge in [-0.05, 0) is 18.1 Å². The smallest absolute Gasteiger partial charge is 0.224 e. The Balaban J connectivity index is 1.58. The van der Waals surface area contributed by atoms with Crippen molar-refractivity contribution in [2.24, 2.45) is 5.73 Å². The van der Waals surface area contributed by atoms with E-state index in [-0.39, 0.29) is 18.1 Å². The van der Waals surface area contributed by atoms with Crippen LogP contribution >= 0.6 is 0 Å². The van der Waals surface area contributed by atoms with Gasteiger partial charge >= 0.3 is 0 Å². The second-order valence-electron chi connectivity index (χ2n) is 6.11. The average molecular weight is 331 g/mol. The van der Waals surface area contributed by atoms with E-state index in [0.29, 0.717) is 31.6 Å². The zero-order chi connectivity index (χ0) is 17.1. The molecule has 2 heterocycles. The number of aryl methyl sites for hydroxylation is 1. The summed E-state index contributed by atoms with van der Waals surface area (Å²) >= 11 is 0. The van der Waals surface area contributed by atoms with Gasteiger partial charge in [-0.2, -0.15) is 0 Å². The summed E-state index contributed by atoms with van der Waals surface area (Å²) in [6.45, 7) is 3.83. The van der Waals surface area contributed by atoms with Crippen LogP contribution in [0.4, 0.5) is 4.39 Å². The first kappa shape index (κ1) is 16.6. The zero-order valence-corrected chi connectivity index (χ0v) is 13.8. The van der Waals surface area contributed by atoms with Crippen molar-refractivity contribution < 1.29 is 9.18 Å². The molecule has 128 valence electrons. The number of fused-ring (bicyclic) bond motifs is 1. The van der Waals surface area contributed by atoms with Crippen molar-refractivity contribution in [3.63, 3.8) is 0 Å². The number of halogens is 1. The van der Waals surface area contributed by atoms with Crippen molar-refractivity contribution in [1.29, 1.82) is 0 Å². The van der Waals surface area contributed by atoms with Crippen LogP contribution < -0.4 is 5.73 Å². The molecule has 7 heteroatoms. The molecule has 0 saturated carbocycles. The van der Waals surface area contributed by atoms with Crippen LogP contribution in [0.1, 0.15) is 30.6 Å². The molecular formula is C17H22FN5O. The minimum Gasteiger partial charge on any atom is -0.333 e. The molecule has 1 aromatic heterocycles. The fourth-order valence-electron chi connectivity index (χ4n) is 3.06. The SMILES string of the molecule is CCc1nnc2n1CCN(C(=O)CC(N)Cc1ccccc1F)C2. The van der Waals surface area contributed by atoms with Crippen LogP contribution in [-0.4, -0.2) is 38.2 Å². The predicted molar refractivity (Wildman–Crippen MR) is 87.5 cm³/mol. The topological polar surface area (TPSA) is 77.0 Å². The maximum Gasteiger partial charge on any atom is 0.224 e. The lowest BCUT2D eigenvalue weighted by molar-refractivity contribution is -0.133. The van der Waals surface area contributed by atoms with E-state index in [1.165, 1.54) is 6.07 Å². The van der Waals surface area contributed by atoms with Crippen LogP contribution in [0.2, 0.25) is 0 Å². The van der Waals surface area contributed by atoms with E-state index in [1.54, 1.807) is 23.1 Å². The van der Waals surface area contributed by atoms with E-state index in [0.717, 1.165) is 18.1 Å². The lowest BCUT2D eigenvalue weighted by atomic mass is 10.0. The maximum absolute atomic E-state index is 13.7. The molecule has 1 amide bonds. The Morgan fingerprint density at radius 2 is 2.12 bits per heavy atom. The number of aromatic nitrogens is 3. The Labute approximate surface area is 140 Å². The quantitative estimate of drug-likeness (QED) is 0.895. The third kappa shape index (κ3) is 3.46. The van der Waals surface area contributed by atoms with Crippen molar-refractivity contribution in [1.82, 2.24) is 19.7 Å². The molecule has 1 aliphatic rings. The van der Waals surface area contributed by atoms with Gasteiger partial charge in [0, 0.05) is 32.0 Å². The highest BCUT2D eigenvalue weighted by Gasteiger charge is 2.25. The van der Waals surface area contributed by atoms with Gasteiger partial charge in [-0.1, -0.05) is 25.1 Å². The van der Waals surface area contributed by atoms with Gasteiger partial charge in [0.1, 0.15) is 11.6 Å². The molecule has 0 fully saturated rings. The first-order valence-corrected chi connectivity index (χ1v) is 8.26. The lowest BCUT2D eigenvalue weighted by Crippen LogP contribution is -2.41. The number of amides is 1. The molecular weight excluding hydrogens is 309 g/mol. The Hall–Kier alpha value is -2.28. The summed E-state index contributed by atoms with van der Waals surface area (Å²) in [5, 5.41) is 8.30. The molecule has 2 N–H and O–H groups in total. The lowest BCUT2D eigenvalue weighted by Gasteiger charge is -2.28. The Morgan fingerprint density at radius 3 is 2.88 bits per heavy atom. The number of nitrogens with two attached hydrogens (primary N) is 1. The number of nitrogens with zero attached hydrogens (tertiary/aromatic N) is 4. The Kier molecular flexibility index (Phi) is 4.89. The van der Waals surface area contributed by atoms with E-state index in [2.05, 4.69) is 14.8 Å². The highest BCUT2D eigenvalue weighted by molar-refractivity contribution is 5.76. The summed E-state index contributed by atoms with van der Waals surface area (Å²) in [4.78, 5) is 14.2. The van der Waals surface area contributed by atoms with E-state index in [1.807, 2.05) is 6.92 Å². The van der Waals surface area contributed by atoms with E-state index in [9.17, 15) is 9.18 Å². The van der Waals surface area contributed by atoms with Crippen LogP contribution in [0.3, 0.4) is 0 Å². The molecule has 0 aliphatic carbocycles. The molecule has 2 aromatic rings. The van der Waals surface area contributed by atoms with Crippen molar-refractivity contribution in [2.75, 3.05) is 6.54 Å². The fourth-order valence-corrected chi connectivity index (χ4v) is 3.06. The van der Waals surface area contributed by atoms with Crippen LogP contribution in [-0.2, 0) is 30.7 Å². The van der Waals surface area contributed by atoms with Crippen molar-refractivity contribution >= 4 is 5.91 Å². The number of hydrogen-bond acceptors (Lipinski definition) is 4. The standard InChI is InChI=1S/C17H22FN5O/c1-2-15-20-21-16-11-22(7-8-23(15)16)17(24)10-13(19)9-12-5-3-4-6-14(12)18/h3-6,13H,2,7-11,19H2,1H3. The van der Waals surface area contributed by atoms with Gasteiger partial charge in [0.25, 0.3) is 0 Å². The monoisotopic (exact) mass is 331 g/mol. The van der Waals surface area contributed by atoms with E-state index < -0.39 is 6.04 Å². The number of rotatable bonds is 5. The average Bonchev–Trinajstić information content (AvgIpc) is 2.99. The third-order valence-corrected chi connectivity index (χ3v) is 4.38. The summed E-state index contributed by atoms with van der Waals surface area (Å²) in [6.07, 6.45) is 1.37. The number of carbonyl (C=O) groups excluding carboxylic acids is 1. The molecule has 0 spiro atoms. The second kappa shape index (κ2) is 7.09. The number of benzene rings is 1. The highest BCUT2D eigenvalue weighted by atomic mass is 19.1. The normalized spacial score (nSPS) is 15.2. The third-order valence-electron chi connectivity index (χ3n) is 4.38. The summed E-state index contributed by atoms with van der Waals surface area (Å²) in [7, 11) is 0. The summed E-state index contributed by atoms with van der Waals surface area (Å²) in [5.41, 5.74) is 6.60. The predicted octanol–water partition coefficient (Wildman–Crippen LogP) is 1.28. The van der Waals surface area contributed by atoms with E-state index in [4.69, 9.17) is 5.73 Å². The summed E-state index contributed by atoms with van der Waals surface area (Å²) in [6, 6.07) is 6.13. The Morgan fingerprint density at radius 1 is 1.33 bits per heavy atom. The van der Waals surface area contributed by atoms with Gasteiger partial charge in [-0.15, -0.1) is 10.2 Å². The van der Waals surface area contributed by atoms with Gasteiger partial charge < -0.3 is 15.2 Å². The van der Waals surface area contributed by atoms with Gasteiger partial charge in [-0.25, -0.2) is 4.39 Å². The minimum absolute atomic E-state index is 0.0221. The van der Waals surface area contributed by atoms with Gasteiger partial charge in [-0.3, -0.25) is 4.79 Å². The Bertz CT molecular complexity index is 730. The van der Waals surface area contributed by atoms with Crippen molar-refractivity contribution in [3.8, 4) is 0 Å². The molecule has 1 atom stereocenters. The van der Waals surface area contributed by atoms with Crippen LogP contribution in [0.25, 0.3) is 0 Å². The van der Waals surface area contributed by atoms with Gasteiger partial charge in [0.2, 0.25) is 5.91 Å². The minimum atomic E-state index is -0.402. The second-order valence-corrected chi connectivity index (χ2v) is 6.11. The molecule has 3 rings (SSSR count). The molecule has 24 heavy (non-hydrogen) atoms. The largest absolute Gasteiger partial charge is 0.333 e. The molecule has 1 aromatic carbocycles. The van der Waals surface area contributed by atoms with Crippen molar-refractivity contribution in [3.05, 3.63) is 47.3 Å². The number of carbonyl (C=O) groups is 1. The zero-order valence-electron chi connectivity index (χ0n) is 13.8. The summed E-state index contributed by atoms with van der Waals surface area (Å²) in [5.74, 6) is 1.46. The molecule has 0 bridgehead atoms. The molecule has 1 aliphatic heterocycles. The van der Waals surface area contributed by atoms with Crippen LogP contribution in [0.15, 0.2) is 24.3 Å². The maximum atomic E-state index is 13.7. The highest BCUT2D eigenvalue weighted by Crippen LogP contribution is 2.15. The molecule has 0 saturated heterocycles. The van der Waals surface area contributed by atoms with Crippen LogP contribution in [0.5, 0.6) is 0 Å². The van der Waals surface area contributed by atoms with Gasteiger partial charge in [0.15, 0.2) is 5.82 Å². The number of hydrogen-bond donors (Lipinski definition) is 1. The fraction of sp³-hybridized carbons (Fsp3) is 0.471. The first-order chi connectivity index (χ1) is 11.6. The van der Waals surface area contributed by atoms with E-state index >= 15 is 0 Å². The van der Waals surface area contributed by atoms with Crippen LogP contribution in [0, 0.1) is 5.82 Å². The molecule has 6 nitrogen and oxygen atoms in total. The molecule has 0 radical (unpaired) electrons. The molecule has 1 unspecified atom stereocenters. The van der Waals surface area contributed by atoms with Crippen molar-refractivity contribution in [2.45, 2.75) is 45.3 Å². The first-order valence-electron chi connectivity index (χ1n) is 8.26. The summed E-state index contributed by atoms with van der Waals surface area (Å²) < 4.78 is 15.7.